The number of imide groups is 1. The molecule has 1 heterocycles. The number of nitrogens with one attached hydrogen (secondary N) is 2. The number of aryl methyl sites for hydroxylation is 4. The van der Waals surface area contributed by atoms with E-state index in [2.05, 4.69) is 10.6 Å². The summed E-state index contributed by atoms with van der Waals surface area (Å²) in [4.78, 5) is 51.1. The molecule has 1 saturated heterocycles. The topological polar surface area (TPSA) is 105 Å². The molecular weight excluding hydrogens is 514 g/mol. The van der Waals surface area contributed by atoms with Gasteiger partial charge in [-0.3, -0.25) is 24.1 Å². The van der Waals surface area contributed by atoms with E-state index in [1.54, 1.807) is 36.4 Å². The lowest BCUT2D eigenvalue weighted by molar-refractivity contribution is -0.127. The minimum Gasteiger partial charge on any atom is -0.484 e. The zero-order valence-corrected chi connectivity index (χ0v) is 23.0. The summed E-state index contributed by atoms with van der Waals surface area (Å²) in [7, 11) is 0. The molecule has 1 aliphatic heterocycles. The number of hydrogen-bond donors (Lipinski definition) is 2. The number of hydrogen-bond acceptors (Lipinski definition) is 6. The lowest BCUT2D eigenvalue weighted by Gasteiger charge is -2.13. The number of amides is 4. The summed E-state index contributed by atoms with van der Waals surface area (Å²) in [6, 6.07) is 18.0. The summed E-state index contributed by atoms with van der Waals surface area (Å²) >= 11 is 0.785. The predicted molar refractivity (Wildman–Crippen MR) is 154 cm³/mol. The summed E-state index contributed by atoms with van der Waals surface area (Å²) < 4.78 is 5.57. The number of benzene rings is 3. The third kappa shape index (κ3) is 7.14. The predicted octanol–water partition coefficient (Wildman–Crippen LogP) is 5.61. The van der Waals surface area contributed by atoms with Gasteiger partial charge in [0.25, 0.3) is 17.1 Å². The molecule has 8 nitrogen and oxygen atoms in total. The van der Waals surface area contributed by atoms with Crippen LogP contribution in [0.1, 0.15) is 27.8 Å². The highest BCUT2D eigenvalue weighted by Crippen LogP contribution is 2.32. The molecule has 0 radical (unpaired) electrons. The molecule has 3 aromatic carbocycles. The lowest BCUT2D eigenvalue weighted by atomic mass is 10.1. The smallest absolute Gasteiger partial charge is 0.294 e. The van der Waals surface area contributed by atoms with E-state index in [1.165, 1.54) is 0 Å². The van der Waals surface area contributed by atoms with Gasteiger partial charge in [0.2, 0.25) is 5.91 Å². The zero-order valence-electron chi connectivity index (χ0n) is 22.2. The second kappa shape index (κ2) is 12.0. The summed E-state index contributed by atoms with van der Waals surface area (Å²) in [5.74, 6) is -0.774. The Morgan fingerprint density at radius 1 is 0.795 bits per heavy atom. The molecule has 2 N–H and O–H groups in total. The van der Waals surface area contributed by atoms with Gasteiger partial charge in [0.15, 0.2) is 6.61 Å². The van der Waals surface area contributed by atoms with Crippen LogP contribution in [-0.2, 0) is 14.4 Å². The van der Waals surface area contributed by atoms with Crippen LogP contribution in [0.5, 0.6) is 5.75 Å². The molecule has 0 saturated carbocycles. The molecule has 0 bridgehead atoms. The van der Waals surface area contributed by atoms with Crippen LogP contribution in [0.25, 0.3) is 6.08 Å². The van der Waals surface area contributed by atoms with Crippen molar-refractivity contribution in [1.29, 1.82) is 0 Å². The fourth-order valence-electron chi connectivity index (χ4n) is 3.78. The SMILES string of the molecule is Cc1ccc(NC(=O)COc2ccc(/C=C3\SC(=O)N(CC(=O)Nc4ccc(C)c(C)c4)C3=O)cc2)cc1C. The quantitative estimate of drug-likeness (QED) is 0.358. The molecule has 4 rings (SSSR count). The first-order chi connectivity index (χ1) is 18.6. The van der Waals surface area contributed by atoms with E-state index in [0.717, 1.165) is 38.9 Å². The molecule has 9 heteroatoms. The number of anilines is 2. The molecule has 0 unspecified atom stereocenters. The van der Waals surface area contributed by atoms with Crippen molar-refractivity contribution in [3.8, 4) is 5.75 Å². The maximum absolute atomic E-state index is 12.8. The van der Waals surface area contributed by atoms with E-state index in [0.29, 0.717) is 22.7 Å². The van der Waals surface area contributed by atoms with Crippen LogP contribution >= 0.6 is 11.8 Å². The molecule has 0 spiro atoms. The van der Waals surface area contributed by atoms with Gasteiger partial charge in [0.05, 0.1) is 4.91 Å². The Hall–Kier alpha value is -4.37. The first-order valence-corrected chi connectivity index (χ1v) is 13.1. The Kier molecular flexibility index (Phi) is 8.51. The van der Waals surface area contributed by atoms with Gasteiger partial charge in [-0.1, -0.05) is 24.3 Å². The first-order valence-electron chi connectivity index (χ1n) is 12.3. The van der Waals surface area contributed by atoms with Gasteiger partial charge >= 0.3 is 0 Å². The molecule has 1 aliphatic rings. The molecule has 0 aliphatic carbocycles. The Morgan fingerprint density at radius 3 is 1.92 bits per heavy atom. The molecule has 0 aromatic heterocycles. The van der Waals surface area contributed by atoms with Gasteiger partial charge in [-0.25, -0.2) is 0 Å². The van der Waals surface area contributed by atoms with E-state index in [9.17, 15) is 19.2 Å². The summed E-state index contributed by atoms with van der Waals surface area (Å²) in [6.45, 7) is 7.37. The third-order valence-electron chi connectivity index (χ3n) is 6.30. The van der Waals surface area contributed by atoms with Crippen LogP contribution in [0.3, 0.4) is 0 Å². The fourth-order valence-corrected chi connectivity index (χ4v) is 4.61. The normalized spacial score (nSPS) is 14.1. The van der Waals surface area contributed by atoms with Crippen LogP contribution in [0.15, 0.2) is 65.6 Å². The van der Waals surface area contributed by atoms with Crippen LogP contribution in [-0.4, -0.2) is 41.0 Å². The first kappa shape index (κ1) is 27.7. The van der Waals surface area contributed by atoms with Crippen molar-refractivity contribution in [2.24, 2.45) is 0 Å². The Morgan fingerprint density at radius 2 is 1.36 bits per heavy atom. The molecule has 4 amide bonds. The highest BCUT2D eigenvalue weighted by molar-refractivity contribution is 8.18. The van der Waals surface area contributed by atoms with Gasteiger partial charge in [-0.2, -0.15) is 0 Å². The minimum absolute atomic E-state index is 0.157. The molecule has 39 heavy (non-hydrogen) atoms. The van der Waals surface area contributed by atoms with Gasteiger partial charge in [-0.15, -0.1) is 0 Å². The van der Waals surface area contributed by atoms with E-state index >= 15 is 0 Å². The van der Waals surface area contributed by atoms with Crippen molar-refractivity contribution in [3.05, 3.63) is 93.4 Å². The molecule has 3 aromatic rings. The van der Waals surface area contributed by atoms with Gasteiger partial charge in [-0.05, 0) is 110 Å². The molecule has 1 fully saturated rings. The summed E-state index contributed by atoms with van der Waals surface area (Å²) in [6.07, 6.45) is 1.59. The van der Waals surface area contributed by atoms with Crippen LogP contribution in [0.4, 0.5) is 16.2 Å². The van der Waals surface area contributed by atoms with E-state index in [-0.39, 0.29) is 24.0 Å². The highest BCUT2D eigenvalue weighted by Gasteiger charge is 2.36. The zero-order chi connectivity index (χ0) is 28.1. The average Bonchev–Trinajstić information content (AvgIpc) is 3.15. The van der Waals surface area contributed by atoms with Crippen molar-refractivity contribution in [1.82, 2.24) is 4.90 Å². The Balaban J connectivity index is 1.31. The van der Waals surface area contributed by atoms with Crippen molar-refractivity contribution >= 4 is 52.2 Å². The van der Waals surface area contributed by atoms with Crippen molar-refractivity contribution in [3.63, 3.8) is 0 Å². The van der Waals surface area contributed by atoms with Gasteiger partial charge < -0.3 is 15.4 Å². The fraction of sp³-hybridized carbons (Fsp3) is 0.200. The van der Waals surface area contributed by atoms with Crippen molar-refractivity contribution in [2.75, 3.05) is 23.8 Å². The van der Waals surface area contributed by atoms with Crippen LogP contribution in [0.2, 0.25) is 0 Å². The Labute approximate surface area is 231 Å². The van der Waals surface area contributed by atoms with Crippen molar-refractivity contribution in [2.45, 2.75) is 27.7 Å². The lowest BCUT2D eigenvalue weighted by Crippen LogP contribution is -2.36. The number of carbonyl (C=O) groups excluding carboxylic acids is 4. The standard InChI is InChI=1S/C30H29N3O5S/c1-18-5-9-23(13-20(18)3)31-27(34)16-33-29(36)26(39-30(33)37)15-22-7-11-25(12-8-22)38-17-28(35)32-24-10-6-19(2)21(4)14-24/h5-15H,16-17H2,1-4H3,(H,31,34)(H,32,35)/b26-15-. The van der Waals surface area contributed by atoms with Crippen LogP contribution < -0.4 is 15.4 Å². The maximum Gasteiger partial charge on any atom is 0.294 e. The molecule has 200 valence electrons. The second-order valence-electron chi connectivity index (χ2n) is 9.32. The largest absolute Gasteiger partial charge is 0.484 e. The monoisotopic (exact) mass is 543 g/mol. The third-order valence-corrected chi connectivity index (χ3v) is 7.21. The highest BCUT2D eigenvalue weighted by atomic mass is 32.2. The molecular formula is C30H29N3O5S. The number of ether oxygens (including phenoxy) is 1. The van der Waals surface area contributed by atoms with Crippen LogP contribution in [0, 0.1) is 27.7 Å². The summed E-state index contributed by atoms with van der Waals surface area (Å²) in [5, 5.41) is 5.03. The Bertz CT molecular complexity index is 1480. The average molecular weight is 544 g/mol. The van der Waals surface area contributed by atoms with Gasteiger partial charge in [0.1, 0.15) is 12.3 Å². The molecule has 0 atom stereocenters. The minimum atomic E-state index is -0.524. The number of thioether (sulfide) groups is 1. The van der Waals surface area contributed by atoms with Gasteiger partial charge in [0, 0.05) is 11.4 Å². The van der Waals surface area contributed by atoms with Crippen molar-refractivity contribution < 1.29 is 23.9 Å². The van der Waals surface area contributed by atoms with E-state index < -0.39 is 17.1 Å². The maximum atomic E-state index is 12.8. The number of carbonyl (C=O) groups is 4. The second-order valence-corrected chi connectivity index (χ2v) is 10.3. The number of nitrogens with zero attached hydrogens (tertiary/aromatic N) is 1. The van der Waals surface area contributed by atoms with E-state index in [1.807, 2.05) is 58.0 Å². The number of rotatable bonds is 8. The van der Waals surface area contributed by atoms with E-state index in [4.69, 9.17) is 4.74 Å². The summed E-state index contributed by atoms with van der Waals surface area (Å²) in [5.41, 5.74) is 6.35.